The second-order valence-corrected chi connectivity index (χ2v) is 7.34. The molecule has 1 amide bonds. The van der Waals surface area contributed by atoms with Gasteiger partial charge in [-0.2, -0.15) is 0 Å². The number of methoxy groups -OCH3 is 2. The Morgan fingerprint density at radius 3 is 2.52 bits per heavy atom. The molecule has 0 spiro atoms. The summed E-state index contributed by atoms with van der Waals surface area (Å²) in [4.78, 5) is 15.6. The average Bonchev–Trinajstić information content (AvgIpc) is 3.10. The Labute approximate surface area is 180 Å². The number of amides is 1. The van der Waals surface area contributed by atoms with Crippen molar-refractivity contribution in [3.05, 3.63) is 68.9 Å². The molecule has 1 heterocycles. The second-order valence-electron chi connectivity index (χ2n) is 6.10. The van der Waals surface area contributed by atoms with Gasteiger partial charge in [-0.1, -0.05) is 15.9 Å². The van der Waals surface area contributed by atoms with Crippen LogP contribution < -0.4 is 14.8 Å². The molecule has 152 valence electrons. The number of ether oxygens (including phenoxy) is 2. The van der Waals surface area contributed by atoms with Crippen LogP contribution in [0.2, 0.25) is 0 Å². The van der Waals surface area contributed by atoms with Gasteiger partial charge in [-0.3, -0.25) is 9.36 Å². The Morgan fingerprint density at radius 2 is 1.86 bits per heavy atom. The molecule has 0 aliphatic heterocycles. The molecule has 29 heavy (non-hydrogen) atoms. The number of aromatic nitrogens is 2. The number of carbonyl (C=O) groups is 1. The molecule has 3 rings (SSSR count). The van der Waals surface area contributed by atoms with Crippen LogP contribution in [0.3, 0.4) is 0 Å². The van der Waals surface area contributed by atoms with Crippen molar-refractivity contribution in [2.24, 2.45) is 0 Å². The highest BCUT2D eigenvalue weighted by Crippen LogP contribution is 2.33. The molecule has 0 radical (unpaired) electrons. The van der Waals surface area contributed by atoms with E-state index in [0.717, 1.165) is 10.0 Å². The van der Waals surface area contributed by atoms with E-state index in [1.165, 1.54) is 18.3 Å². The minimum Gasteiger partial charge on any atom is -0.493 e. The van der Waals surface area contributed by atoms with Crippen molar-refractivity contribution in [2.75, 3.05) is 20.8 Å². The molecule has 0 saturated heterocycles. The number of H-pyrrole nitrogens is 1. The van der Waals surface area contributed by atoms with E-state index in [-0.39, 0.29) is 11.7 Å². The maximum atomic E-state index is 13.2. The first-order chi connectivity index (χ1) is 13.9. The molecule has 3 aromatic rings. The molecule has 0 saturated carbocycles. The fourth-order valence-corrected chi connectivity index (χ4v) is 3.65. The van der Waals surface area contributed by atoms with Crippen molar-refractivity contribution in [3.8, 4) is 17.2 Å². The Balaban J connectivity index is 1.73. The lowest BCUT2D eigenvalue weighted by molar-refractivity contribution is 0.0947. The number of aromatic amines is 1. The molecule has 0 bridgehead atoms. The lowest BCUT2D eigenvalue weighted by atomic mass is 10.1. The summed E-state index contributed by atoms with van der Waals surface area (Å²) < 4.78 is 26.6. The molecule has 9 heteroatoms. The average molecular weight is 480 g/mol. The normalized spacial score (nSPS) is 10.6. The van der Waals surface area contributed by atoms with E-state index in [1.54, 1.807) is 30.9 Å². The topological polar surface area (TPSA) is 68.3 Å². The highest BCUT2D eigenvalue weighted by molar-refractivity contribution is 9.10. The van der Waals surface area contributed by atoms with Gasteiger partial charge < -0.3 is 19.8 Å². The third kappa shape index (κ3) is 4.68. The molecule has 0 atom stereocenters. The number of imidazole rings is 1. The molecule has 2 N–H and O–H groups in total. The summed E-state index contributed by atoms with van der Waals surface area (Å²) in [6.07, 6.45) is 2.11. The van der Waals surface area contributed by atoms with Crippen LogP contribution in [0.1, 0.15) is 16.1 Å². The number of carbonyl (C=O) groups excluding carboxylic acids is 1. The number of nitrogens with one attached hydrogen (secondary N) is 2. The van der Waals surface area contributed by atoms with E-state index in [9.17, 15) is 9.18 Å². The Kier molecular flexibility index (Phi) is 6.71. The minimum absolute atomic E-state index is 0.293. The van der Waals surface area contributed by atoms with Crippen LogP contribution in [-0.4, -0.2) is 36.2 Å². The number of hydrogen-bond donors (Lipinski definition) is 2. The molecule has 0 unspecified atom stereocenters. The van der Waals surface area contributed by atoms with E-state index in [0.29, 0.717) is 40.6 Å². The second kappa shape index (κ2) is 9.23. The van der Waals surface area contributed by atoms with Gasteiger partial charge in [0.25, 0.3) is 5.91 Å². The maximum absolute atomic E-state index is 13.2. The van der Waals surface area contributed by atoms with Gasteiger partial charge >= 0.3 is 0 Å². The number of rotatable bonds is 7. The largest absolute Gasteiger partial charge is 0.493 e. The van der Waals surface area contributed by atoms with Crippen LogP contribution in [0.4, 0.5) is 4.39 Å². The fourth-order valence-electron chi connectivity index (χ4n) is 2.87. The van der Waals surface area contributed by atoms with Gasteiger partial charge in [0.1, 0.15) is 11.5 Å². The first kappa shape index (κ1) is 21.1. The molecule has 0 fully saturated rings. The molecule has 6 nitrogen and oxygen atoms in total. The van der Waals surface area contributed by atoms with Crippen molar-refractivity contribution in [1.82, 2.24) is 14.9 Å². The number of hydrogen-bond acceptors (Lipinski definition) is 4. The van der Waals surface area contributed by atoms with Crippen LogP contribution in [0.25, 0.3) is 5.69 Å². The van der Waals surface area contributed by atoms with Gasteiger partial charge in [-0.25, -0.2) is 4.39 Å². The Morgan fingerprint density at radius 1 is 1.21 bits per heavy atom. The predicted octanol–water partition coefficient (Wildman–Crippen LogP) is 4.43. The smallest absolute Gasteiger partial charge is 0.269 e. The fraction of sp³-hybridized carbons (Fsp3) is 0.200. The van der Waals surface area contributed by atoms with Crippen molar-refractivity contribution >= 4 is 34.1 Å². The molecular weight excluding hydrogens is 461 g/mol. The molecule has 0 aliphatic carbocycles. The summed E-state index contributed by atoms with van der Waals surface area (Å²) in [7, 11) is 3.15. The summed E-state index contributed by atoms with van der Waals surface area (Å²) in [5.74, 6) is 0.589. The van der Waals surface area contributed by atoms with Crippen LogP contribution in [-0.2, 0) is 6.42 Å². The van der Waals surface area contributed by atoms with Crippen LogP contribution >= 0.6 is 28.1 Å². The van der Waals surface area contributed by atoms with Gasteiger partial charge in [0, 0.05) is 22.9 Å². The Bertz CT molecular complexity index is 1080. The summed E-state index contributed by atoms with van der Waals surface area (Å²) >= 11 is 8.78. The lowest BCUT2D eigenvalue weighted by Gasteiger charge is -2.13. The van der Waals surface area contributed by atoms with Crippen LogP contribution in [0, 0.1) is 10.6 Å². The van der Waals surface area contributed by atoms with Crippen molar-refractivity contribution in [1.29, 1.82) is 0 Å². The number of halogens is 2. The highest BCUT2D eigenvalue weighted by atomic mass is 79.9. The molecule has 2 aromatic carbocycles. The van der Waals surface area contributed by atoms with Gasteiger partial charge in [-0.05, 0) is 60.6 Å². The zero-order chi connectivity index (χ0) is 21.0. The van der Waals surface area contributed by atoms with Crippen LogP contribution in [0.15, 0.2) is 47.1 Å². The van der Waals surface area contributed by atoms with E-state index < -0.39 is 0 Å². The van der Waals surface area contributed by atoms with E-state index in [1.807, 2.05) is 12.1 Å². The number of benzene rings is 2. The standard InChI is InChI=1S/C20H19BrFN3O3S/c1-27-17-9-12(15(21)10-18(17)28-2)7-8-23-19(26)16-11-24-20(29)25(16)14-5-3-13(22)4-6-14/h3-6,9-11H,7-8H2,1-2H3,(H,23,26)(H,24,29). The number of nitrogens with zero attached hydrogens (tertiary/aromatic N) is 1. The third-order valence-electron chi connectivity index (χ3n) is 4.33. The quantitative estimate of drug-likeness (QED) is 0.492. The van der Waals surface area contributed by atoms with Gasteiger partial charge in [-0.15, -0.1) is 0 Å². The summed E-state index contributed by atoms with van der Waals surface area (Å²) in [6, 6.07) is 9.47. The summed E-state index contributed by atoms with van der Waals surface area (Å²) in [6.45, 7) is 0.397. The van der Waals surface area contributed by atoms with Crippen molar-refractivity contribution in [3.63, 3.8) is 0 Å². The predicted molar refractivity (Wildman–Crippen MR) is 114 cm³/mol. The van der Waals surface area contributed by atoms with Gasteiger partial charge in [0.15, 0.2) is 16.3 Å². The molecule has 1 aromatic heterocycles. The van der Waals surface area contributed by atoms with E-state index in [2.05, 4.69) is 26.2 Å². The van der Waals surface area contributed by atoms with Gasteiger partial charge in [0.2, 0.25) is 0 Å². The summed E-state index contributed by atoms with van der Waals surface area (Å²) in [5, 5.41) is 2.88. The van der Waals surface area contributed by atoms with E-state index in [4.69, 9.17) is 21.7 Å². The maximum Gasteiger partial charge on any atom is 0.269 e. The first-order valence-corrected chi connectivity index (χ1v) is 9.89. The first-order valence-electron chi connectivity index (χ1n) is 8.69. The zero-order valence-electron chi connectivity index (χ0n) is 15.8. The minimum atomic E-state index is -0.359. The van der Waals surface area contributed by atoms with Crippen LogP contribution in [0.5, 0.6) is 11.5 Å². The zero-order valence-corrected chi connectivity index (χ0v) is 18.2. The Hall–Kier alpha value is -2.65. The summed E-state index contributed by atoms with van der Waals surface area (Å²) in [5.41, 5.74) is 1.91. The van der Waals surface area contributed by atoms with E-state index >= 15 is 0 Å². The monoisotopic (exact) mass is 479 g/mol. The SMILES string of the molecule is COc1cc(Br)c(CCNC(=O)c2c[nH]c(=S)n2-c2ccc(F)cc2)cc1OC. The van der Waals surface area contributed by atoms with Crippen molar-refractivity contribution in [2.45, 2.75) is 6.42 Å². The molecule has 0 aliphatic rings. The molecular formula is C20H19BrFN3O3S. The lowest BCUT2D eigenvalue weighted by Crippen LogP contribution is -2.27. The van der Waals surface area contributed by atoms with Gasteiger partial charge in [0.05, 0.1) is 14.2 Å². The third-order valence-corrected chi connectivity index (χ3v) is 5.36. The van der Waals surface area contributed by atoms with Crippen molar-refractivity contribution < 1.29 is 18.7 Å². The highest BCUT2D eigenvalue weighted by Gasteiger charge is 2.15.